The third-order valence-corrected chi connectivity index (χ3v) is 19.2. The van der Waals surface area contributed by atoms with Gasteiger partial charge in [-0.25, -0.2) is 4.79 Å². The second-order valence-corrected chi connectivity index (χ2v) is 27.1. The van der Waals surface area contributed by atoms with Gasteiger partial charge in [0.1, 0.15) is 11.5 Å². The standard InChI is InChI=1S/C24H37NO5Si.C13H25NO4Si/c1-15(30-31(8,9)24(5,6)7)20-18(25-21(20)27)14-19(26)16-10-12-17(13-11-16)22(28)29-23(2,3)4;1-8(18-19(6,7)13(3,4)5)10-11(16)14-12(10)17-9(2)15/h10-13,15,18,20H,14H2,1-9H3,(H,25,27);8,10,12H,1-7H3,(H,14,16)/t15-,18-,20-;8-,10+,12-/m11/s1. The molecule has 2 saturated heterocycles. The van der Waals surface area contributed by atoms with Crippen molar-refractivity contribution < 1.29 is 42.3 Å². The molecule has 2 fully saturated rings. The minimum Gasteiger partial charge on any atom is -0.456 e. The first-order valence-electron chi connectivity index (χ1n) is 17.5. The normalized spacial score (nSPS) is 22.3. The molecule has 3 rings (SSSR count). The summed E-state index contributed by atoms with van der Waals surface area (Å²) in [5, 5.41) is 5.56. The van der Waals surface area contributed by atoms with Gasteiger partial charge in [0.15, 0.2) is 28.6 Å². The Hall–Kier alpha value is -2.88. The number of carbonyl (C=O) groups excluding carboxylic acids is 5. The number of Topliss-reactive ketones (excluding diaryl/α,β-unsaturated/α-hetero) is 1. The van der Waals surface area contributed by atoms with Crippen molar-refractivity contribution in [2.75, 3.05) is 0 Å². The Bertz CT molecular complexity index is 1410. The Morgan fingerprint density at radius 1 is 0.720 bits per heavy atom. The van der Waals surface area contributed by atoms with E-state index in [9.17, 15) is 24.0 Å². The van der Waals surface area contributed by atoms with Crippen LogP contribution in [-0.2, 0) is 32.7 Å². The van der Waals surface area contributed by atoms with E-state index in [1.807, 2.05) is 34.6 Å². The van der Waals surface area contributed by atoms with Crippen molar-refractivity contribution in [3.05, 3.63) is 35.4 Å². The molecule has 0 aromatic heterocycles. The molecule has 6 atom stereocenters. The average Bonchev–Trinajstić information content (AvgIpc) is 2.89. The van der Waals surface area contributed by atoms with Crippen molar-refractivity contribution in [2.24, 2.45) is 11.8 Å². The molecule has 2 aliphatic heterocycles. The molecule has 0 unspecified atom stereocenters. The van der Waals surface area contributed by atoms with Crippen molar-refractivity contribution in [3.63, 3.8) is 0 Å². The highest BCUT2D eigenvalue weighted by Gasteiger charge is 2.50. The molecule has 0 radical (unpaired) electrons. The van der Waals surface area contributed by atoms with E-state index in [-0.39, 0.29) is 58.3 Å². The number of nitrogens with one attached hydrogen (secondary N) is 2. The van der Waals surface area contributed by atoms with E-state index < -0.39 is 46.3 Å². The lowest BCUT2D eigenvalue weighted by molar-refractivity contribution is -0.173. The summed E-state index contributed by atoms with van der Waals surface area (Å²) in [6.07, 6.45) is -0.848. The van der Waals surface area contributed by atoms with E-state index in [4.69, 9.17) is 18.3 Å². The monoisotopic (exact) mass is 734 g/mol. The van der Waals surface area contributed by atoms with Gasteiger partial charge < -0.3 is 29.0 Å². The van der Waals surface area contributed by atoms with E-state index in [1.54, 1.807) is 24.3 Å². The zero-order chi connectivity index (χ0) is 38.8. The van der Waals surface area contributed by atoms with Gasteiger partial charge in [0.25, 0.3) is 0 Å². The van der Waals surface area contributed by atoms with Gasteiger partial charge in [-0.2, -0.15) is 0 Å². The molecule has 0 saturated carbocycles. The molecule has 1 aromatic carbocycles. The van der Waals surface area contributed by atoms with E-state index in [2.05, 4.69) is 78.4 Å². The van der Waals surface area contributed by atoms with Crippen molar-refractivity contribution in [1.82, 2.24) is 10.6 Å². The number of ketones is 1. The molecule has 2 aliphatic rings. The Balaban J connectivity index is 0.000000391. The second-order valence-electron chi connectivity index (χ2n) is 17.6. The molecule has 2 N–H and O–H groups in total. The summed E-state index contributed by atoms with van der Waals surface area (Å²) in [6, 6.07) is 6.22. The fourth-order valence-electron chi connectivity index (χ4n) is 5.16. The van der Waals surface area contributed by atoms with E-state index in [0.717, 1.165) is 0 Å². The maximum atomic E-state index is 12.8. The minimum absolute atomic E-state index is 0.0443. The van der Waals surface area contributed by atoms with Crippen LogP contribution in [0.25, 0.3) is 0 Å². The summed E-state index contributed by atoms with van der Waals surface area (Å²) in [5.74, 6) is -1.81. The Kier molecular flexibility index (Phi) is 13.7. The molecule has 50 heavy (non-hydrogen) atoms. The highest BCUT2D eigenvalue weighted by Crippen LogP contribution is 2.40. The van der Waals surface area contributed by atoms with Gasteiger partial charge in [0.2, 0.25) is 11.8 Å². The fourth-order valence-corrected chi connectivity index (χ4v) is 8.02. The molecule has 0 spiro atoms. The van der Waals surface area contributed by atoms with Crippen LogP contribution in [0.3, 0.4) is 0 Å². The molecular weight excluding hydrogens is 673 g/mol. The molecule has 282 valence electrons. The maximum absolute atomic E-state index is 12.8. The van der Waals surface area contributed by atoms with Crippen molar-refractivity contribution in [2.45, 2.75) is 156 Å². The van der Waals surface area contributed by atoms with Gasteiger partial charge in [0.05, 0.1) is 29.7 Å². The first-order chi connectivity index (χ1) is 22.5. The Morgan fingerprint density at radius 2 is 1.14 bits per heavy atom. The minimum atomic E-state index is -2.02. The second kappa shape index (κ2) is 15.8. The number of β-lactam (4-membered cyclic amide) rings is 2. The SMILES string of the molecule is CC(=O)O[C@H]1NC(=O)[C@@H]1[C@@H](C)O[Si](C)(C)C(C)(C)C.C[C@@H](O[Si](C)(C)C(C)(C)C)[C@H]1C(=O)N[C@@H]1CC(=O)c1ccc(C(=O)OC(C)(C)C)cc1. The average molecular weight is 735 g/mol. The predicted octanol–water partition coefficient (Wildman–Crippen LogP) is 6.77. The number of esters is 2. The van der Waals surface area contributed by atoms with Gasteiger partial charge in [-0.05, 0) is 83.0 Å². The molecule has 1 aromatic rings. The lowest BCUT2D eigenvalue weighted by atomic mass is 9.82. The lowest BCUT2D eigenvalue weighted by Gasteiger charge is -2.45. The molecular formula is C37H62N2O9Si2. The van der Waals surface area contributed by atoms with Gasteiger partial charge in [-0.15, -0.1) is 0 Å². The van der Waals surface area contributed by atoms with Crippen molar-refractivity contribution >= 4 is 46.2 Å². The first kappa shape index (κ1) is 43.3. The molecule has 11 nitrogen and oxygen atoms in total. The molecule has 2 amide bonds. The van der Waals surface area contributed by atoms with E-state index >= 15 is 0 Å². The number of benzene rings is 1. The van der Waals surface area contributed by atoms with Crippen LogP contribution in [0.4, 0.5) is 0 Å². The van der Waals surface area contributed by atoms with Crippen LogP contribution in [0.5, 0.6) is 0 Å². The Labute approximate surface area is 301 Å². The summed E-state index contributed by atoms with van der Waals surface area (Å²) in [6.45, 7) is 32.1. The van der Waals surface area contributed by atoms with Gasteiger partial charge >= 0.3 is 11.9 Å². The van der Waals surface area contributed by atoms with Crippen LogP contribution in [-0.4, -0.2) is 76.2 Å². The first-order valence-corrected chi connectivity index (χ1v) is 23.3. The van der Waals surface area contributed by atoms with Crippen LogP contribution in [0.15, 0.2) is 24.3 Å². The zero-order valence-electron chi connectivity index (χ0n) is 33.2. The van der Waals surface area contributed by atoms with Crippen LogP contribution in [0.2, 0.25) is 36.3 Å². The summed E-state index contributed by atoms with van der Waals surface area (Å²) in [5.41, 5.74) is 0.328. The number of carbonyl (C=O) groups is 5. The summed E-state index contributed by atoms with van der Waals surface area (Å²) < 4.78 is 23.0. The van der Waals surface area contributed by atoms with Crippen LogP contribution in [0.1, 0.15) is 110 Å². The number of rotatable bonds is 11. The third kappa shape index (κ3) is 11.3. The molecule has 0 bridgehead atoms. The van der Waals surface area contributed by atoms with Crippen molar-refractivity contribution in [3.8, 4) is 0 Å². The summed E-state index contributed by atoms with van der Waals surface area (Å²) in [4.78, 5) is 59.7. The summed E-state index contributed by atoms with van der Waals surface area (Å²) >= 11 is 0. The lowest BCUT2D eigenvalue weighted by Crippen LogP contribution is -2.65. The van der Waals surface area contributed by atoms with Crippen LogP contribution < -0.4 is 10.6 Å². The van der Waals surface area contributed by atoms with E-state index in [0.29, 0.717) is 11.1 Å². The van der Waals surface area contributed by atoms with Gasteiger partial charge in [-0.1, -0.05) is 53.7 Å². The zero-order valence-corrected chi connectivity index (χ0v) is 35.2. The van der Waals surface area contributed by atoms with Gasteiger partial charge in [-0.3, -0.25) is 19.2 Å². The molecule has 13 heteroatoms. The highest BCUT2D eigenvalue weighted by molar-refractivity contribution is 6.74. The largest absolute Gasteiger partial charge is 0.456 e. The van der Waals surface area contributed by atoms with E-state index in [1.165, 1.54) is 6.92 Å². The topological polar surface area (TPSA) is 146 Å². The third-order valence-electron chi connectivity index (χ3n) is 10.1. The van der Waals surface area contributed by atoms with Crippen molar-refractivity contribution in [1.29, 1.82) is 0 Å². The predicted molar refractivity (Wildman–Crippen MR) is 199 cm³/mol. The quantitative estimate of drug-likeness (QED) is 0.109. The highest BCUT2D eigenvalue weighted by atomic mass is 28.4. The van der Waals surface area contributed by atoms with Crippen LogP contribution >= 0.6 is 0 Å². The maximum Gasteiger partial charge on any atom is 0.338 e. The number of amides is 2. The van der Waals surface area contributed by atoms with Gasteiger partial charge in [0, 0.05) is 18.9 Å². The summed E-state index contributed by atoms with van der Waals surface area (Å²) in [7, 11) is -3.95. The fraction of sp³-hybridized carbons (Fsp3) is 0.703. The number of ether oxygens (including phenoxy) is 2. The molecule has 2 heterocycles. The van der Waals surface area contributed by atoms with Crippen LogP contribution in [0, 0.1) is 11.8 Å². The smallest absolute Gasteiger partial charge is 0.338 e. The molecule has 0 aliphatic carbocycles. The number of hydrogen-bond acceptors (Lipinski definition) is 9. The number of hydrogen-bond donors (Lipinski definition) is 2. The Morgan fingerprint density at radius 3 is 1.52 bits per heavy atom.